The molecule has 0 unspecified atom stereocenters. The first-order valence-corrected chi connectivity index (χ1v) is 8.76. The molecular weight excluding hydrogens is 260 g/mol. The zero-order valence-electron chi connectivity index (χ0n) is 13.4. The molecule has 21 heavy (non-hydrogen) atoms. The SMILES string of the molecule is CNCC1CCN(Cc2ccn(C3CCCCC3)n2)CC1. The highest BCUT2D eigenvalue weighted by Crippen LogP contribution is 2.27. The van der Waals surface area contributed by atoms with Crippen LogP contribution in [0, 0.1) is 5.92 Å². The van der Waals surface area contributed by atoms with E-state index >= 15 is 0 Å². The smallest absolute Gasteiger partial charge is 0.0764 e. The van der Waals surface area contributed by atoms with Crippen LogP contribution in [0.25, 0.3) is 0 Å². The van der Waals surface area contributed by atoms with Crippen molar-refractivity contribution in [2.75, 3.05) is 26.7 Å². The van der Waals surface area contributed by atoms with Crippen LogP contribution in [0.4, 0.5) is 0 Å². The highest BCUT2D eigenvalue weighted by Gasteiger charge is 2.20. The Balaban J connectivity index is 1.48. The molecule has 1 saturated heterocycles. The molecule has 3 rings (SSSR count). The molecule has 2 fully saturated rings. The minimum absolute atomic E-state index is 0.661. The molecule has 4 nitrogen and oxygen atoms in total. The van der Waals surface area contributed by atoms with Crippen LogP contribution in [0.5, 0.6) is 0 Å². The Labute approximate surface area is 128 Å². The molecule has 118 valence electrons. The lowest BCUT2D eigenvalue weighted by Crippen LogP contribution is -2.36. The van der Waals surface area contributed by atoms with Gasteiger partial charge in [0.25, 0.3) is 0 Å². The molecule has 1 aromatic rings. The number of hydrogen-bond acceptors (Lipinski definition) is 3. The van der Waals surface area contributed by atoms with Crippen LogP contribution in [0.15, 0.2) is 12.3 Å². The van der Waals surface area contributed by atoms with Crippen LogP contribution in [-0.2, 0) is 6.54 Å². The molecule has 0 radical (unpaired) electrons. The summed E-state index contributed by atoms with van der Waals surface area (Å²) in [6.45, 7) is 4.65. The lowest BCUT2D eigenvalue weighted by atomic mass is 9.96. The maximum atomic E-state index is 4.85. The minimum Gasteiger partial charge on any atom is -0.319 e. The van der Waals surface area contributed by atoms with Crippen molar-refractivity contribution in [1.29, 1.82) is 0 Å². The van der Waals surface area contributed by atoms with Gasteiger partial charge in [0, 0.05) is 12.7 Å². The van der Waals surface area contributed by atoms with E-state index < -0.39 is 0 Å². The zero-order chi connectivity index (χ0) is 14.5. The van der Waals surface area contributed by atoms with E-state index in [1.165, 1.54) is 70.3 Å². The fourth-order valence-electron chi connectivity index (χ4n) is 3.88. The summed E-state index contributed by atoms with van der Waals surface area (Å²) < 4.78 is 2.24. The monoisotopic (exact) mass is 290 g/mol. The first-order chi connectivity index (χ1) is 10.3. The molecule has 0 aromatic carbocycles. The average Bonchev–Trinajstić information content (AvgIpc) is 2.99. The first-order valence-electron chi connectivity index (χ1n) is 8.76. The van der Waals surface area contributed by atoms with E-state index in [1.54, 1.807) is 0 Å². The molecule has 0 atom stereocenters. The third kappa shape index (κ3) is 4.07. The van der Waals surface area contributed by atoms with E-state index in [9.17, 15) is 0 Å². The molecule has 4 heteroatoms. The number of likely N-dealkylation sites (tertiary alicyclic amines) is 1. The van der Waals surface area contributed by atoms with Gasteiger partial charge in [0.05, 0.1) is 11.7 Å². The highest BCUT2D eigenvalue weighted by atomic mass is 15.3. The normalized spacial score (nSPS) is 22.7. The molecular formula is C17H30N4. The number of nitrogens with zero attached hydrogens (tertiary/aromatic N) is 3. The van der Waals surface area contributed by atoms with Crippen molar-refractivity contribution in [3.63, 3.8) is 0 Å². The van der Waals surface area contributed by atoms with Crippen LogP contribution < -0.4 is 5.32 Å². The van der Waals surface area contributed by atoms with Gasteiger partial charge in [0.1, 0.15) is 0 Å². The summed E-state index contributed by atoms with van der Waals surface area (Å²) >= 11 is 0. The van der Waals surface area contributed by atoms with Crippen molar-refractivity contribution >= 4 is 0 Å². The summed E-state index contributed by atoms with van der Waals surface area (Å²) in [6.07, 6.45) is 11.6. The van der Waals surface area contributed by atoms with Gasteiger partial charge in [0.2, 0.25) is 0 Å². The van der Waals surface area contributed by atoms with E-state index in [0.29, 0.717) is 6.04 Å². The van der Waals surface area contributed by atoms with Gasteiger partial charge >= 0.3 is 0 Å². The summed E-state index contributed by atoms with van der Waals surface area (Å²) in [4.78, 5) is 2.57. The second-order valence-corrected chi connectivity index (χ2v) is 6.86. The fourth-order valence-corrected chi connectivity index (χ4v) is 3.88. The first kappa shape index (κ1) is 15.0. The third-order valence-electron chi connectivity index (χ3n) is 5.20. The Morgan fingerprint density at radius 2 is 1.90 bits per heavy atom. The van der Waals surface area contributed by atoms with Gasteiger partial charge in [-0.1, -0.05) is 19.3 Å². The molecule has 1 aromatic heterocycles. The average molecular weight is 290 g/mol. The van der Waals surface area contributed by atoms with E-state index in [2.05, 4.69) is 34.2 Å². The highest BCUT2D eigenvalue weighted by molar-refractivity contribution is 5.00. The van der Waals surface area contributed by atoms with Crippen molar-refractivity contribution in [3.8, 4) is 0 Å². The molecule has 1 aliphatic heterocycles. The molecule has 0 bridgehead atoms. The Morgan fingerprint density at radius 3 is 2.62 bits per heavy atom. The maximum Gasteiger partial charge on any atom is 0.0764 e. The molecule has 1 saturated carbocycles. The van der Waals surface area contributed by atoms with Gasteiger partial charge in [-0.3, -0.25) is 9.58 Å². The predicted octanol–water partition coefficient (Wildman–Crippen LogP) is 2.82. The molecule has 2 heterocycles. The second kappa shape index (κ2) is 7.41. The van der Waals surface area contributed by atoms with Gasteiger partial charge in [-0.15, -0.1) is 0 Å². The Hall–Kier alpha value is -0.870. The van der Waals surface area contributed by atoms with Crippen molar-refractivity contribution in [2.24, 2.45) is 5.92 Å². The molecule has 2 aliphatic rings. The van der Waals surface area contributed by atoms with Crippen molar-refractivity contribution < 1.29 is 0 Å². The maximum absolute atomic E-state index is 4.85. The van der Waals surface area contributed by atoms with Gasteiger partial charge in [0.15, 0.2) is 0 Å². The predicted molar refractivity (Wildman–Crippen MR) is 86.3 cm³/mol. The Bertz CT molecular complexity index is 414. The largest absolute Gasteiger partial charge is 0.319 e. The zero-order valence-corrected chi connectivity index (χ0v) is 13.4. The van der Waals surface area contributed by atoms with Crippen LogP contribution in [0.2, 0.25) is 0 Å². The van der Waals surface area contributed by atoms with Gasteiger partial charge in [-0.2, -0.15) is 5.10 Å². The van der Waals surface area contributed by atoms with Crippen LogP contribution in [0.3, 0.4) is 0 Å². The van der Waals surface area contributed by atoms with Gasteiger partial charge in [-0.25, -0.2) is 0 Å². The van der Waals surface area contributed by atoms with E-state index in [4.69, 9.17) is 5.10 Å². The number of hydrogen-bond donors (Lipinski definition) is 1. The Kier molecular flexibility index (Phi) is 5.31. The van der Waals surface area contributed by atoms with Crippen LogP contribution in [-0.4, -0.2) is 41.4 Å². The van der Waals surface area contributed by atoms with Crippen LogP contribution in [0.1, 0.15) is 56.7 Å². The molecule has 1 aliphatic carbocycles. The number of piperidine rings is 1. The third-order valence-corrected chi connectivity index (χ3v) is 5.20. The lowest BCUT2D eigenvalue weighted by molar-refractivity contribution is 0.174. The standard InChI is InChI=1S/C17H30N4/c1-18-13-15-7-10-20(11-8-15)14-16-9-12-21(19-16)17-5-3-2-4-6-17/h9,12,15,17-18H,2-8,10-11,13-14H2,1H3. The lowest BCUT2D eigenvalue weighted by Gasteiger charge is -2.31. The molecule has 1 N–H and O–H groups in total. The Morgan fingerprint density at radius 1 is 1.14 bits per heavy atom. The van der Waals surface area contributed by atoms with Gasteiger partial charge in [-0.05, 0) is 64.3 Å². The summed E-state index contributed by atoms with van der Waals surface area (Å²) in [7, 11) is 2.06. The molecule has 0 amide bonds. The molecule has 0 spiro atoms. The van der Waals surface area contributed by atoms with Crippen molar-refractivity contribution in [3.05, 3.63) is 18.0 Å². The van der Waals surface area contributed by atoms with E-state index in [1.807, 2.05) is 0 Å². The van der Waals surface area contributed by atoms with Crippen LogP contribution >= 0.6 is 0 Å². The summed E-state index contributed by atoms with van der Waals surface area (Å²) in [6, 6.07) is 2.89. The summed E-state index contributed by atoms with van der Waals surface area (Å²) in [5, 5.41) is 8.15. The van der Waals surface area contributed by atoms with Crippen molar-refractivity contribution in [1.82, 2.24) is 20.0 Å². The second-order valence-electron chi connectivity index (χ2n) is 6.86. The minimum atomic E-state index is 0.661. The fraction of sp³-hybridized carbons (Fsp3) is 0.824. The summed E-state index contributed by atoms with van der Waals surface area (Å²) in [5.74, 6) is 0.867. The van der Waals surface area contributed by atoms with E-state index in [-0.39, 0.29) is 0 Å². The summed E-state index contributed by atoms with van der Waals surface area (Å²) in [5.41, 5.74) is 1.26. The van der Waals surface area contributed by atoms with Crippen molar-refractivity contribution in [2.45, 2.75) is 57.5 Å². The topological polar surface area (TPSA) is 33.1 Å². The number of rotatable bonds is 5. The van der Waals surface area contributed by atoms with E-state index in [0.717, 1.165) is 12.5 Å². The van der Waals surface area contributed by atoms with Gasteiger partial charge < -0.3 is 5.32 Å². The quantitative estimate of drug-likeness (QED) is 0.905. The number of aromatic nitrogens is 2. The number of nitrogens with one attached hydrogen (secondary N) is 1.